The fourth-order valence-corrected chi connectivity index (χ4v) is 3.36. The van der Waals surface area contributed by atoms with Gasteiger partial charge in [0, 0.05) is 26.1 Å². The second-order valence-corrected chi connectivity index (χ2v) is 7.21. The molecule has 0 saturated carbocycles. The predicted molar refractivity (Wildman–Crippen MR) is 109 cm³/mol. The minimum absolute atomic E-state index is 0.207. The van der Waals surface area contributed by atoms with Gasteiger partial charge in [-0.3, -0.25) is 9.59 Å². The van der Waals surface area contributed by atoms with Crippen LogP contribution in [0, 0.1) is 5.82 Å². The standard InChI is InChI=1S/C23H27FN2O3/c24-19-12-10-18(11-13-19)17-29-21-8-4-3-7-20(21)23(28)25-14-6-16-26-15-5-1-2-9-22(26)27/h3-4,7-8,10-13H,1-2,5-6,9,14-17H2,(H,25,28). The second-order valence-electron chi connectivity index (χ2n) is 7.21. The molecular weight excluding hydrogens is 371 g/mol. The first kappa shape index (κ1) is 20.8. The number of para-hydroxylation sites is 1. The molecule has 2 aromatic carbocycles. The molecule has 1 aliphatic heterocycles. The number of halogens is 1. The van der Waals surface area contributed by atoms with E-state index >= 15 is 0 Å². The number of likely N-dealkylation sites (tertiary alicyclic amines) is 1. The van der Waals surface area contributed by atoms with Gasteiger partial charge in [-0.1, -0.05) is 30.7 Å². The highest BCUT2D eigenvalue weighted by Gasteiger charge is 2.16. The van der Waals surface area contributed by atoms with E-state index in [4.69, 9.17) is 4.74 Å². The van der Waals surface area contributed by atoms with Crippen molar-refractivity contribution in [1.29, 1.82) is 0 Å². The summed E-state index contributed by atoms with van der Waals surface area (Å²) in [5.41, 5.74) is 1.28. The minimum Gasteiger partial charge on any atom is -0.488 e. The van der Waals surface area contributed by atoms with E-state index in [1.165, 1.54) is 12.1 Å². The molecule has 0 bridgehead atoms. The zero-order chi connectivity index (χ0) is 20.5. The van der Waals surface area contributed by atoms with Crippen LogP contribution in [0.4, 0.5) is 4.39 Å². The summed E-state index contributed by atoms with van der Waals surface area (Å²) in [6, 6.07) is 13.1. The van der Waals surface area contributed by atoms with Crippen molar-refractivity contribution in [2.45, 2.75) is 38.7 Å². The summed E-state index contributed by atoms with van der Waals surface area (Å²) >= 11 is 0. The van der Waals surface area contributed by atoms with Crippen molar-refractivity contribution in [2.24, 2.45) is 0 Å². The summed E-state index contributed by atoms with van der Waals surface area (Å²) in [6.45, 7) is 2.23. The molecule has 5 nitrogen and oxygen atoms in total. The molecule has 0 radical (unpaired) electrons. The summed E-state index contributed by atoms with van der Waals surface area (Å²) < 4.78 is 18.8. The SMILES string of the molecule is O=C(NCCCN1CCCCCC1=O)c1ccccc1OCc1ccc(F)cc1. The molecule has 29 heavy (non-hydrogen) atoms. The second kappa shape index (κ2) is 10.6. The quantitative estimate of drug-likeness (QED) is 0.686. The average molecular weight is 398 g/mol. The van der Waals surface area contributed by atoms with Crippen LogP contribution in [0.2, 0.25) is 0 Å². The summed E-state index contributed by atoms with van der Waals surface area (Å²) in [5, 5.41) is 2.91. The van der Waals surface area contributed by atoms with E-state index in [0.717, 1.165) is 37.8 Å². The number of benzene rings is 2. The maximum Gasteiger partial charge on any atom is 0.255 e. The van der Waals surface area contributed by atoms with Gasteiger partial charge in [-0.2, -0.15) is 0 Å². The largest absolute Gasteiger partial charge is 0.488 e. The Morgan fingerprint density at radius 1 is 1.07 bits per heavy atom. The molecule has 0 unspecified atom stereocenters. The predicted octanol–water partition coefficient (Wildman–Crippen LogP) is 3.93. The number of nitrogens with one attached hydrogen (secondary N) is 1. The Kier molecular flexibility index (Phi) is 7.61. The Bertz CT molecular complexity index is 823. The zero-order valence-corrected chi connectivity index (χ0v) is 16.5. The van der Waals surface area contributed by atoms with Crippen LogP contribution in [-0.2, 0) is 11.4 Å². The number of hydrogen-bond donors (Lipinski definition) is 1. The zero-order valence-electron chi connectivity index (χ0n) is 16.5. The molecule has 1 saturated heterocycles. The minimum atomic E-state index is -0.296. The molecule has 1 fully saturated rings. The summed E-state index contributed by atoms with van der Waals surface area (Å²) in [4.78, 5) is 26.5. The topological polar surface area (TPSA) is 58.6 Å². The number of rotatable bonds is 8. The number of hydrogen-bond acceptors (Lipinski definition) is 3. The fourth-order valence-electron chi connectivity index (χ4n) is 3.36. The Hall–Kier alpha value is -2.89. The van der Waals surface area contributed by atoms with Gasteiger partial charge in [-0.15, -0.1) is 0 Å². The molecule has 6 heteroatoms. The molecule has 0 atom stereocenters. The monoisotopic (exact) mass is 398 g/mol. The van der Waals surface area contributed by atoms with Crippen molar-refractivity contribution in [3.05, 3.63) is 65.5 Å². The van der Waals surface area contributed by atoms with Crippen LogP contribution >= 0.6 is 0 Å². The van der Waals surface area contributed by atoms with Crippen LogP contribution in [0.3, 0.4) is 0 Å². The molecule has 0 aliphatic carbocycles. The Morgan fingerprint density at radius 3 is 2.69 bits per heavy atom. The van der Waals surface area contributed by atoms with Gasteiger partial charge in [0.2, 0.25) is 5.91 Å². The Balaban J connectivity index is 1.48. The molecule has 1 heterocycles. The molecule has 1 aliphatic rings. The van der Waals surface area contributed by atoms with Crippen molar-refractivity contribution in [2.75, 3.05) is 19.6 Å². The summed E-state index contributed by atoms with van der Waals surface area (Å²) in [6.07, 6.45) is 4.48. The number of amides is 2. The van der Waals surface area contributed by atoms with Crippen LogP contribution in [-0.4, -0.2) is 36.3 Å². The third kappa shape index (κ3) is 6.31. The van der Waals surface area contributed by atoms with Crippen molar-refractivity contribution >= 4 is 11.8 Å². The van der Waals surface area contributed by atoms with Gasteiger partial charge >= 0.3 is 0 Å². The van der Waals surface area contributed by atoms with E-state index in [1.807, 2.05) is 11.0 Å². The first-order valence-corrected chi connectivity index (χ1v) is 10.2. The third-order valence-electron chi connectivity index (χ3n) is 5.00. The summed E-state index contributed by atoms with van der Waals surface area (Å²) in [5.74, 6) is 0.197. The van der Waals surface area contributed by atoms with E-state index in [0.29, 0.717) is 30.8 Å². The van der Waals surface area contributed by atoms with E-state index in [-0.39, 0.29) is 24.2 Å². The smallest absolute Gasteiger partial charge is 0.255 e. The van der Waals surface area contributed by atoms with Crippen LogP contribution in [0.15, 0.2) is 48.5 Å². The molecular formula is C23H27FN2O3. The van der Waals surface area contributed by atoms with Gasteiger partial charge in [0.1, 0.15) is 18.2 Å². The number of nitrogens with zero attached hydrogens (tertiary/aromatic N) is 1. The summed E-state index contributed by atoms with van der Waals surface area (Å²) in [7, 11) is 0. The van der Waals surface area contributed by atoms with Gasteiger partial charge in [-0.25, -0.2) is 4.39 Å². The normalized spacial score (nSPS) is 14.4. The molecule has 1 N–H and O–H groups in total. The van der Waals surface area contributed by atoms with Crippen molar-refractivity contribution < 1.29 is 18.7 Å². The number of carbonyl (C=O) groups excluding carboxylic acids is 2. The van der Waals surface area contributed by atoms with Gasteiger partial charge in [0.15, 0.2) is 0 Å². The molecule has 0 aromatic heterocycles. The van der Waals surface area contributed by atoms with Gasteiger partial charge in [-0.05, 0) is 49.1 Å². The molecule has 3 rings (SSSR count). The van der Waals surface area contributed by atoms with Crippen LogP contribution in [0.5, 0.6) is 5.75 Å². The lowest BCUT2D eigenvalue weighted by atomic mass is 10.2. The average Bonchev–Trinajstić information content (AvgIpc) is 2.95. The fraction of sp³-hybridized carbons (Fsp3) is 0.391. The first-order chi connectivity index (χ1) is 14.1. The van der Waals surface area contributed by atoms with Crippen molar-refractivity contribution in [3.63, 3.8) is 0 Å². The lowest BCUT2D eigenvalue weighted by Crippen LogP contribution is -2.34. The van der Waals surface area contributed by atoms with Crippen LogP contribution < -0.4 is 10.1 Å². The van der Waals surface area contributed by atoms with E-state index < -0.39 is 0 Å². The maximum atomic E-state index is 13.0. The molecule has 154 valence electrons. The lowest BCUT2D eigenvalue weighted by Gasteiger charge is -2.20. The van der Waals surface area contributed by atoms with Crippen molar-refractivity contribution in [1.82, 2.24) is 10.2 Å². The van der Waals surface area contributed by atoms with Gasteiger partial charge in [0.05, 0.1) is 5.56 Å². The van der Waals surface area contributed by atoms with Crippen LogP contribution in [0.25, 0.3) is 0 Å². The van der Waals surface area contributed by atoms with E-state index in [2.05, 4.69) is 5.32 Å². The van der Waals surface area contributed by atoms with E-state index in [9.17, 15) is 14.0 Å². The van der Waals surface area contributed by atoms with Crippen LogP contribution in [0.1, 0.15) is 48.0 Å². The maximum absolute atomic E-state index is 13.0. The van der Waals surface area contributed by atoms with Crippen molar-refractivity contribution in [3.8, 4) is 5.75 Å². The van der Waals surface area contributed by atoms with E-state index in [1.54, 1.807) is 30.3 Å². The van der Waals surface area contributed by atoms with Gasteiger partial charge in [0.25, 0.3) is 5.91 Å². The molecule has 0 spiro atoms. The number of ether oxygens (including phenoxy) is 1. The molecule has 2 amide bonds. The highest BCUT2D eigenvalue weighted by atomic mass is 19.1. The number of carbonyl (C=O) groups is 2. The third-order valence-corrected chi connectivity index (χ3v) is 5.00. The highest BCUT2D eigenvalue weighted by Crippen LogP contribution is 2.19. The highest BCUT2D eigenvalue weighted by molar-refractivity contribution is 5.96. The Morgan fingerprint density at radius 2 is 1.86 bits per heavy atom. The Labute approximate surface area is 170 Å². The first-order valence-electron chi connectivity index (χ1n) is 10.2. The lowest BCUT2D eigenvalue weighted by molar-refractivity contribution is -0.130. The van der Waals surface area contributed by atoms with Gasteiger partial charge < -0.3 is 15.0 Å². The molecule has 2 aromatic rings.